The van der Waals surface area contributed by atoms with Gasteiger partial charge < -0.3 is 25.2 Å². The van der Waals surface area contributed by atoms with Gasteiger partial charge in [0.05, 0.1) is 6.04 Å². The molecule has 2 N–H and O–H groups in total. The molecule has 1 aromatic rings. The molecule has 1 fully saturated rings. The molecule has 8 heteroatoms. The minimum atomic E-state index is -0.507. The number of guanidine groups is 1. The van der Waals surface area contributed by atoms with E-state index in [1.54, 1.807) is 0 Å². The molecule has 0 aromatic heterocycles. The van der Waals surface area contributed by atoms with Crippen molar-refractivity contribution in [1.82, 2.24) is 15.5 Å². The molecule has 0 bridgehead atoms. The Bertz CT molecular complexity index is 833. The predicted octanol–water partition coefficient (Wildman–Crippen LogP) is 2.92. The van der Waals surface area contributed by atoms with E-state index < -0.39 is 5.60 Å². The van der Waals surface area contributed by atoms with E-state index in [9.17, 15) is 9.59 Å². The summed E-state index contributed by atoms with van der Waals surface area (Å²) in [7, 11) is 0. The van der Waals surface area contributed by atoms with Crippen molar-refractivity contribution >= 4 is 23.6 Å². The fourth-order valence-electron chi connectivity index (χ4n) is 4.12. The molecule has 2 heterocycles. The second-order valence-corrected chi connectivity index (χ2v) is 9.34. The van der Waals surface area contributed by atoms with Crippen molar-refractivity contribution in [3.05, 3.63) is 29.8 Å². The number of benzene rings is 1. The number of anilines is 1. The van der Waals surface area contributed by atoms with Crippen molar-refractivity contribution in [3.8, 4) is 0 Å². The van der Waals surface area contributed by atoms with Crippen LogP contribution >= 0.6 is 0 Å². The van der Waals surface area contributed by atoms with Gasteiger partial charge in [-0.05, 0) is 58.6 Å². The van der Waals surface area contributed by atoms with Crippen molar-refractivity contribution in [3.63, 3.8) is 0 Å². The van der Waals surface area contributed by atoms with Crippen LogP contribution in [-0.4, -0.2) is 67.2 Å². The lowest BCUT2D eigenvalue weighted by atomic mass is 10.2. The highest BCUT2D eigenvalue weighted by Crippen LogP contribution is 2.28. The van der Waals surface area contributed by atoms with Crippen molar-refractivity contribution in [2.75, 3.05) is 37.6 Å². The number of hydrogen-bond donors (Lipinski definition) is 2. The number of alkyl carbamates (subject to hydrolysis) is 1. The lowest BCUT2D eigenvalue weighted by Crippen LogP contribution is -2.44. The highest BCUT2D eigenvalue weighted by atomic mass is 16.6. The maximum Gasteiger partial charge on any atom is 0.407 e. The first kappa shape index (κ1) is 23.9. The molecule has 8 nitrogen and oxygen atoms in total. The molecular formula is C24H37N5O3. The highest BCUT2D eigenvalue weighted by molar-refractivity contribution is 5.95. The molecule has 2 amide bonds. The number of nitrogens with zero attached hydrogens (tertiary/aromatic N) is 3. The van der Waals surface area contributed by atoms with Crippen LogP contribution in [0.2, 0.25) is 0 Å². The van der Waals surface area contributed by atoms with Gasteiger partial charge in [0, 0.05) is 44.8 Å². The molecule has 1 atom stereocenters. The van der Waals surface area contributed by atoms with Crippen LogP contribution in [0.4, 0.5) is 10.5 Å². The number of hydrogen-bond acceptors (Lipinski definition) is 4. The first-order chi connectivity index (χ1) is 15.3. The van der Waals surface area contributed by atoms with Gasteiger partial charge in [0.1, 0.15) is 5.60 Å². The van der Waals surface area contributed by atoms with E-state index in [1.165, 1.54) is 5.56 Å². The number of likely N-dealkylation sites (tertiary alicyclic amines) is 1. The van der Waals surface area contributed by atoms with E-state index in [4.69, 9.17) is 9.73 Å². The number of rotatable bonds is 6. The van der Waals surface area contributed by atoms with E-state index in [2.05, 4.69) is 21.6 Å². The molecule has 3 rings (SSSR count). The van der Waals surface area contributed by atoms with Crippen molar-refractivity contribution in [1.29, 1.82) is 0 Å². The monoisotopic (exact) mass is 443 g/mol. The number of carbonyl (C=O) groups is 2. The van der Waals surface area contributed by atoms with E-state index in [-0.39, 0.29) is 18.0 Å². The second kappa shape index (κ2) is 10.7. The Labute approximate surface area is 191 Å². The van der Waals surface area contributed by atoms with Crippen LogP contribution in [0.15, 0.2) is 29.3 Å². The maximum absolute atomic E-state index is 12.7. The Kier molecular flexibility index (Phi) is 7.99. The summed E-state index contributed by atoms with van der Waals surface area (Å²) in [6, 6.07) is 8.16. The maximum atomic E-state index is 12.7. The fraction of sp³-hybridized carbons (Fsp3) is 0.625. The van der Waals surface area contributed by atoms with Crippen molar-refractivity contribution < 1.29 is 14.3 Å². The average molecular weight is 444 g/mol. The number of ether oxygens (including phenoxy) is 1. The topological polar surface area (TPSA) is 86.3 Å². The summed E-state index contributed by atoms with van der Waals surface area (Å²) in [5.41, 5.74) is 1.79. The van der Waals surface area contributed by atoms with Crippen LogP contribution in [0.5, 0.6) is 0 Å². The Morgan fingerprint density at radius 1 is 1.22 bits per heavy atom. The number of nitrogens with one attached hydrogen (secondary N) is 2. The highest BCUT2D eigenvalue weighted by Gasteiger charge is 2.28. The fourth-order valence-corrected chi connectivity index (χ4v) is 4.12. The summed E-state index contributed by atoms with van der Waals surface area (Å²) >= 11 is 0. The van der Waals surface area contributed by atoms with Gasteiger partial charge in [-0.25, -0.2) is 4.79 Å². The molecule has 1 saturated heterocycles. The minimum Gasteiger partial charge on any atom is -0.444 e. The molecule has 2 aliphatic rings. The lowest BCUT2D eigenvalue weighted by molar-refractivity contribution is -0.118. The SMILES string of the molecule is CCNC(=NCCCC(=O)N1CCc2ccccc21)N1CCC(NC(=O)OC(C)(C)C)C1. The van der Waals surface area contributed by atoms with Gasteiger partial charge in [-0.3, -0.25) is 9.79 Å². The third-order valence-electron chi connectivity index (χ3n) is 5.54. The summed E-state index contributed by atoms with van der Waals surface area (Å²) in [4.78, 5) is 33.5. The first-order valence-corrected chi connectivity index (χ1v) is 11.7. The Balaban J connectivity index is 1.46. The molecule has 32 heavy (non-hydrogen) atoms. The van der Waals surface area contributed by atoms with Crippen LogP contribution < -0.4 is 15.5 Å². The molecule has 176 valence electrons. The van der Waals surface area contributed by atoms with Gasteiger partial charge in [-0.1, -0.05) is 18.2 Å². The standard InChI is InChI=1S/C24H37N5O3/c1-5-25-22(28-15-13-19(17-28)27-23(31)32-24(2,3)4)26-14-8-11-21(30)29-16-12-18-9-6-7-10-20(18)29/h6-7,9-10,19H,5,8,11-17H2,1-4H3,(H,25,26)(H,27,31). The molecule has 2 aliphatic heterocycles. The van der Waals surface area contributed by atoms with Gasteiger partial charge in [0.2, 0.25) is 5.91 Å². The van der Waals surface area contributed by atoms with E-state index in [1.807, 2.05) is 50.8 Å². The quantitative estimate of drug-likeness (QED) is 0.401. The van der Waals surface area contributed by atoms with E-state index >= 15 is 0 Å². The van der Waals surface area contributed by atoms with Crippen molar-refractivity contribution in [2.24, 2.45) is 4.99 Å². The summed E-state index contributed by atoms with van der Waals surface area (Å²) in [6.45, 7) is 11.2. The molecule has 0 radical (unpaired) electrons. The number of carbonyl (C=O) groups excluding carboxylic acids is 2. The molecule has 0 saturated carbocycles. The largest absolute Gasteiger partial charge is 0.444 e. The van der Waals surface area contributed by atoms with Gasteiger partial charge >= 0.3 is 6.09 Å². The molecule has 1 aromatic carbocycles. The van der Waals surface area contributed by atoms with Crippen LogP contribution in [0.3, 0.4) is 0 Å². The zero-order chi connectivity index (χ0) is 23.1. The summed E-state index contributed by atoms with van der Waals surface area (Å²) in [5.74, 6) is 0.998. The zero-order valence-electron chi connectivity index (χ0n) is 19.8. The number of para-hydroxylation sites is 1. The van der Waals surface area contributed by atoms with Crippen LogP contribution in [0.25, 0.3) is 0 Å². The van der Waals surface area contributed by atoms with Gasteiger partial charge in [-0.2, -0.15) is 0 Å². The number of fused-ring (bicyclic) bond motifs is 1. The van der Waals surface area contributed by atoms with Crippen LogP contribution in [0, 0.1) is 0 Å². The number of aliphatic imine (C=N–C) groups is 1. The molecule has 0 aliphatic carbocycles. The predicted molar refractivity (Wildman–Crippen MR) is 127 cm³/mol. The first-order valence-electron chi connectivity index (χ1n) is 11.7. The Hall–Kier alpha value is -2.77. The van der Waals surface area contributed by atoms with E-state index in [0.29, 0.717) is 25.9 Å². The number of amides is 2. The minimum absolute atomic E-state index is 0.0329. The summed E-state index contributed by atoms with van der Waals surface area (Å²) in [6.07, 6.45) is 2.59. The van der Waals surface area contributed by atoms with Gasteiger partial charge in [0.15, 0.2) is 5.96 Å². The van der Waals surface area contributed by atoms with Gasteiger partial charge in [-0.15, -0.1) is 0 Å². The zero-order valence-corrected chi connectivity index (χ0v) is 19.8. The normalized spacial score (nSPS) is 18.5. The smallest absolute Gasteiger partial charge is 0.407 e. The lowest BCUT2D eigenvalue weighted by Gasteiger charge is -2.23. The molecule has 1 unspecified atom stereocenters. The Morgan fingerprint density at radius 2 is 2.00 bits per heavy atom. The van der Waals surface area contributed by atoms with Crippen LogP contribution in [0.1, 0.15) is 52.5 Å². The summed E-state index contributed by atoms with van der Waals surface area (Å²) < 4.78 is 5.36. The third-order valence-corrected chi connectivity index (χ3v) is 5.54. The van der Waals surface area contributed by atoms with Crippen molar-refractivity contribution in [2.45, 2.75) is 65.0 Å². The third kappa shape index (κ3) is 6.61. The van der Waals surface area contributed by atoms with E-state index in [0.717, 1.165) is 44.1 Å². The Morgan fingerprint density at radius 3 is 2.75 bits per heavy atom. The second-order valence-electron chi connectivity index (χ2n) is 9.34. The average Bonchev–Trinajstić information content (AvgIpc) is 3.35. The molecular weight excluding hydrogens is 406 g/mol. The van der Waals surface area contributed by atoms with Gasteiger partial charge in [0.25, 0.3) is 0 Å². The van der Waals surface area contributed by atoms with Crippen LogP contribution in [-0.2, 0) is 16.0 Å². The molecule has 0 spiro atoms. The summed E-state index contributed by atoms with van der Waals surface area (Å²) in [5, 5.41) is 6.28.